The van der Waals surface area contributed by atoms with Crippen molar-refractivity contribution < 1.29 is 22.3 Å². The zero-order valence-electron chi connectivity index (χ0n) is 13.4. The highest BCUT2D eigenvalue weighted by Gasteiger charge is 2.38. The number of carbonyl (C=O) groups is 2. The molecular formula is C17H16N2O5S. The van der Waals surface area contributed by atoms with Gasteiger partial charge in [0.15, 0.2) is 0 Å². The normalized spacial score (nSPS) is 16.7. The van der Waals surface area contributed by atoms with Crippen LogP contribution in [0.1, 0.15) is 22.3 Å². The highest BCUT2D eigenvalue weighted by molar-refractivity contribution is 7.86. The van der Waals surface area contributed by atoms with Crippen molar-refractivity contribution in [1.29, 1.82) is 0 Å². The molecule has 2 aromatic rings. The first kappa shape index (κ1) is 17.1. The van der Waals surface area contributed by atoms with Gasteiger partial charge in [0.1, 0.15) is 6.17 Å². The molecular weight excluding hydrogens is 344 g/mol. The molecule has 7 nitrogen and oxygen atoms in total. The molecule has 3 rings (SSSR count). The van der Waals surface area contributed by atoms with E-state index in [1.807, 2.05) is 6.92 Å². The third-order valence-corrected chi connectivity index (χ3v) is 4.90. The molecule has 1 saturated heterocycles. The van der Waals surface area contributed by atoms with E-state index in [-0.39, 0.29) is 22.8 Å². The lowest BCUT2D eigenvalue weighted by molar-refractivity contribution is -0.144. The Morgan fingerprint density at radius 2 is 1.72 bits per heavy atom. The number of carbonyl (C=O) groups excluding carboxylic acids is 2. The molecule has 25 heavy (non-hydrogen) atoms. The van der Waals surface area contributed by atoms with Crippen molar-refractivity contribution >= 4 is 21.9 Å². The Morgan fingerprint density at radius 1 is 1.12 bits per heavy atom. The van der Waals surface area contributed by atoms with Crippen molar-refractivity contribution in [3.63, 3.8) is 0 Å². The minimum absolute atomic E-state index is 0.0258. The summed E-state index contributed by atoms with van der Waals surface area (Å²) >= 11 is 0. The number of rotatable bonds is 5. The summed E-state index contributed by atoms with van der Waals surface area (Å²) in [5, 5.41) is 3.15. The maximum Gasteiger partial charge on any atom is 0.317 e. The van der Waals surface area contributed by atoms with Crippen LogP contribution in [0.3, 0.4) is 0 Å². The van der Waals surface area contributed by atoms with Crippen LogP contribution in [-0.2, 0) is 19.2 Å². The average molecular weight is 360 g/mol. The summed E-state index contributed by atoms with van der Waals surface area (Å²) in [4.78, 5) is 23.8. The minimum Gasteiger partial charge on any atom is -0.333 e. The molecule has 0 bridgehead atoms. The number of hydrogen-bond donors (Lipinski definition) is 1. The van der Waals surface area contributed by atoms with Gasteiger partial charge in [-0.3, -0.25) is 9.59 Å². The Morgan fingerprint density at radius 3 is 2.28 bits per heavy atom. The number of aryl methyl sites for hydroxylation is 1. The lowest BCUT2D eigenvalue weighted by atomic mass is 10.1. The van der Waals surface area contributed by atoms with Gasteiger partial charge in [-0.1, -0.05) is 35.9 Å². The number of nitrogens with zero attached hydrogens (tertiary/aromatic N) is 1. The van der Waals surface area contributed by atoms with Gasteiger partial charge in [0.2, 0.25) is 5.91 Å². The average Bonchev–Trinajstić information content (AvgIpc) is 2.58. The first-order chi connectivity index (χ1) is 11.9. The molecule has 1 aliphatic heterocycles. The van der Waals surface area contributed by atoms with E-state index >= 15 is 0 Å². The van der Waals surface area contributed by atoms with E-state index in [2.05, 4.69) is 5.32 Å². The Kier molecular flexibility index (Phi) is 4.56. The largest absolute Gasteiger partial charge is 0.333 e. The molecule has 0 aliphatic carbocycles. The number of benzene rings is 2. The predicted molar refractivity (Wildman–Crippen MR) is 88.6 cm³/mol. The lowest BCUT2D eigenvalue weighted by Gasteiger charge is -2.35. The number of hydrogen-bond acceptors (Lipinski definition) is 5. The van der Waals surface area contributed by atoms with Gasteiger partial charge in [0.25, 0.3) is 5.91 Å². The first-order valence-corrected chi connectivity index (χ1v) is 8.97. The Bertz CT molecular complexity index is 886. The highest BCUT2D eigenvalue weighted by atomic mass is 32.2. The monoisotopic (exact) mass is 360 g/mol. The van der Waals surface area contributed by atoms with Crippen LogP contribution in [-0.4, -0.2) is 31.5 Å². The fraction of sp³-hybridized carbons (Fsp3) is 0.176. The summed E-state index contributed by atoms with van der Waals surface area (Å²) in [5.41, 5.74) is 1.14. The molecule has 1 N–H and O–H groups in total. The van der Waals surface area contributed by atoms with Crippen molar-refractivity contribution in [1.82, 2.24) is 10.4 Å². The fourth-order valence-corrected chi connectivity index (χ4v) is 3.21. The van der Waals surface area contributed by atoms with E-state index in [1.54, 1.807) is 30.3 Å². The molecule has 0 saturated carbocycles. The molecule has 1 unspecified atom stereocenters. The van der Waals surface area contributed by atoms with Crippen molar-refractivity contribution in [2.75, 3.05) is 0 Å². The Labute approximate surface area is 145 Å². The second-order valence-electron chi connectivity index (χ2n) is 5.63. The van der Waals surface area contributed by atoms with Crippen LogP contribution < -0.4 is 5.32 Å². The van der Waals surface area contributed by atoms with Crippen LogP contribution in [0.5, 0.6) is 0 Å². The van der Waals surface area contributed by atoms with E-state index < -0.39 is 22.2 Å². The van der Waals surface area contributed by atoms with Gasteiger partial charge in [-0.2, -0.15) is 13.5 Å². The second-order valence-corrected chi connectivity index (χ2v) is 7.15. The zero-order valence-corrected chi connectivity index (χ0v) is 14.2. The SMILES string of the molecule is Cc1ccc(S(=O)(=O)ON(C(=O)c2ccccc2)C2CC(=O)N2)cc1. The molecule has 1 atom stereocenters. The summed E-state index contributed by atoms with van der Waals surface area (Å²) < 4.78 is 30.0. The Hall–Kier alpha value is -2.71. The first-order valence-electron chi connectivity index (χ1n) is 7.56. The van der Waals surface area contributed by atoms with Crippen molar-refractivity contribution in [3.05, 3.63) is 65.7 Å². The molecule has 130 valence electrons. The molecule has 0 radical (unpaired) electrons. The summed E-state index contributed by atoms with van der Waals surface area (Å²) in [6.07, 6.45) is -0.859. The second kappa shape index (κ2) is 6.66. The van der Waals surface area contributed by atoms with E-state index in [9.17, 15) is 18.0 Å². The third-order valence-electron chi connectivity index (χ3n) is 3.70. The van der Waals surface area contributed by atoms with Gasteiger partial charge in [-0.25, -0.2) is 0 Å². The zero-order chi connectivity index (χ0) is 18.0. The van der Waals surface area contributed by atoms with E-state index in [0.29, 0.717) is 5.06 Å². The molecule has 2 aromatic carbocycles. The van der Waals surface area contributed by atoms with Gasteiger partial charge >= 0.3 is 10.1 Å². The molecule has 2 amide bonds. The quantitative estimate of drug-likeness (QED) is 0.646. The maximum absolute atomic E-state index is 12.6. The molecule has 1 heterocycles. The third kappa shape index (κ3) is 3.70. The van der Waals surface area contributed by atoms with Gasteiger partial charge < -0.3 is 5.32 Å². The number of amides is 2. The van der Waals surface area contributed by atoms with Crippen LogP contribution >= 0.6 is 0 Å². The minimum atomic E-state index is -4.21. The van der Waals surface area contributed by atoms with E-state index in [4.69, 9.17) is 4.28 Å². The molecule has 8 heteroatoms. The van der Waals surface area contributed by atoms with E-state index in [1.165, 1.54) is 24.3 Å². The van der Waals surface area contributed by atoms with Crippen LogP contribution in [0.4, 0.5) is 0 Å². The van der Waals surface area contributed by atoms with Crippen LogP contribution in [0, 0.1) is 6.92 Å². The number of hydroxylamine groups is 2. The van der Waals surface area contributed by atoms with Crippen molar-refractivity contribution in [3.8, 4) is 0 Å². The fourth-order valence-electron chi connectivity index (χ4n) is 2.27. The molecule has 0 aromatic heterocycles. The molecule has 0 spiro atoms. The van der Waals surface area contributed by atoms with Crippen LogP contribution in [0.15, 0.2) is 59.5 Å². The lowest BCUT2D eigenvalue weighted by Crippen LogP contribution is -2.60. The van der Waals surface area contributed by atoms with Gasteiger partial charge in [0, 0.05) is 5.56 Å². The van der Waals surface area contributed by atoms with Crippen LogP contribution in [0.2, 0.25) is 0 Å². The standard InChI is InChI=1S/C17H16N2O5S/c1-12-7-9-14(10-8-12)25(22,23)24-19(15-11-16(20)18-15)17(21)13-5-3-2-4-6-13/h2-10,15H,11H2,1H3,(H,18,20). The summed E-state index contributed by atoms with van der Waals surface area (Å²) in [6, 6.07) is 14.2. The summed E-state index contributed by atoms with van der Waals surface area (Å²) in [6.45, 7) is 1.83. The van der Waals surface area contributed by atoms with E-state index in [0.717, 1.165) is 5.56 Å². The predicted octanol–water partition coefficient (Wildman–Crippen LogP) is 1.60. The topological polar surface area (TPSA) is 92.8 Å². The highest BCUT2D eigenvalue weighted by Crippen LogP contribution is 2.21. The van der Waals surface area contributed by atoms with Gasteiger partial charge in [0.05, 0.1) is 11.3 Å². The van der Waals surface area contributed by atoms with Gasteiger partial charge in [-0.05, 0) is 31.2 Å². The summed E-state index contributed by atoms with van der Waals surface area (Å²) in [7, 11) is -4.21. The van der Waals surface area contributed by atoms with Crippen LogP contribution in [0.25, 0.3) is 0 Å². The van der Waals surface area contributed by atoms with Crippen molar-refractivity contribution in [2.45, 2.75) is 24.4 Å². The number of nitrogens with one attached hydrogen (secondary N) is 1. The van der Waals surface area contributed by atoms with Gasteiger partial charge in [-0.15, -0.1) is 4.28 Å². The molecule has 1 aliphatic rings. The summed E-state index contributed by atoms with van der Waals surface area (Å²) in [5.74, 6) is -0.937. The van der Waals surface area contributed by atoms with Crippen molar-refractivity contribution in [2.24, 2.45) is 0 Å². The Balaban J connectivity index is 1.88. The smallest absolute Gasteiger partial charge is 0.317 e. The maximum atomic E-state index is 12.6. The molecule has 1 fully saturated rings. The number of β-lactam (4-membered cyclic amide) rings is 1.